The number of hydrogen-bond acceptors (Lipinski definition) is 1. The topological polar surface area (TPSA) is 17.8 Å². The van der Waals surface area contributed by atoms with Crippen molar-refractivity contribution in [2.45, 2.75) is 44.1 Å². The average molecular weight is 333 g/mol. The first-order valence-corrected chi connectivity index (χ1v) is 8.64. The van der Waals surface area contributed by atoms with Crippen LogP contribution in [0.5, 0.6) is 0 Å². The van der Waals surface area contributed by atoms with Crippen LogP contribution in [0.15, 0.2) is 42.6 Å². The van der Waals surface area contributed by atoms with E-state index in [2.05, 4.69) is 63.2 Å². The predicted molar refractivity (Wildman–Crippen MR) is 86.4 cm³/mol. The first-order chi connectivity index (χ1) is 9.86. The molecular formula is C17H21BrN2. The van der Waals surface area contributed by atoms with Crippen molar-refractivity contribution in [3.05, 3.63) is 53.9 Å². The Morgan fingerprint density at radius 2 is 1.90 bits per heavy atom. The number of halogens is 1. The van der Waals surface area contributed by atoms with E-state index in [1.165, 1.54) is 36.9 Å². The second-order valence-corrected chi connectivity index (χ2v) is 6.34. The van der Waals surface area contributed by atoms with Crippen molar-refractivity contribution in [1.29, 1.82) is 0 Å². The van der Waals surface area contributed by atoms with Gasteiger partial charge >= 0.3 is 0 Å². The number of benzene rings is 1. The van der Waals surface area contributed by atoms with Crippen LogP contribution >= 0.6 is 15.9 Å². The zero-order chi connectivity index (χ0) is 13.8. The minimum absolute atomic E-state index is 0.503. The molecule has 1 unspecified atom stereocenters. The minimum Gasteiger partial charge on any atom is -0.269 e. The molecular weight excluding hydrogens is 312 g/mol. The second kappa shape index (κ2) is 6.57. The first kappa shape index (κ1) is 13.9. The summed E-state index contributed by atoms with van der Waals surface area (Å²) in [4.78, 5) is 0. The molecule has 1 heterocycles. The molecule has 0 aliphatic heterocycles. The van der Waals surface area contributed by atoms with Gasteiger partial charge in [0.1, 0.15) is 0 Å². The molecule has 0 saturated heterocycles. The number of alkyl halides is 1. The Morgan fingerprint density at radius 3 is 2.60 bits per heavy atom. The van der Waals surface area contributed by atoms with E-state index in [1.807, 2.05) is 0 Å². The van der Waals surface area contributed by atoms with Gasteiger partial charge in [0, 0.05) is 11.5 Å². The number of nitrogens with zero attached hydrogens (tertiary/aromatic N) is 2. The molecule has 0 amide bonds. The van der Waals surface area contributed by atoms with Gasteiger partial charge in [0.15, 0.2) is 0 Å². The molecule has 2 nitrogen and oxygen atoms in total. The summed E-state index contributed by atoms with van der Waals surface area (Å²) in [6, 6.07) is 13.5. The van der Waals surface area contributed by atoms with Crippen LogP contribution < -0.4 is 0 Å². The van der Waals surface area contributed by atoms with Crippen LogP contribution in [0.25, 0.3) is 0 Å². The van der Waals surface area contributed by atoms with Crippen molar-refractivity contribution >= 4 is 15.9 Å². The van der Waals surface area contributed by atoms with Crippen molar-refractivity contribution in [2.75, 3.05) is 5.33 Å². The van der Waals surface area contributed by atoms with Crippen molar-refractivity contribution in [3.63, 3.8) is 0 Å². The second-order valence-electron chi connectivity index (χ2n) is 5.69. The quantitative estimate of drug-likeness (QED) is 0.724. The van der Waals surface area contributed by atoms with Gasteiger partial charge in [0.25, 0.3) is 0 Å². The molecule has 106 valence electrons. The summed E-state index contributed by atoms with van der Waals surface area (Å²) in [5.41, 5.74) is 2.60. The van der Waals surface area contributed by atoms with Crippen molar-refractivity contribution in [3.8, 4) is 0 Å². The Kier molecular flexibility index (Phi) is 4.56. The van der Waals surface area contributed by atoms with E-state index >= 15 is 0 Å². The highest BCUT2D eigenvalue weighted by Gasteiger charge is 2.18. The molecule has 20 heavy (non-hydrogen) atoms. The number of hydrogen-bond donors (Lipinski definition) is 0. The van der Waals surface area contributed by atoms with Gasteiger partial charge in [-0.15, -0.1) is 0 Å². The SMILES string of the molecule is BrCC(Cc1ccn(C2CCCC2)n1)c1ccccc1. The molecule has 1 fully saturated rings. The van der Waals surface area contributed by atoms with Crippen LogP contribution in [0.3, 0.4) is 0 Å². The summed E-state index contributed by atoms with van der Waals surface area (Å²) in [5, 5.41) is 5.78. The zero-order valence-electron chi connectivity index (χ0n) is 11.7. The Morgan fingerprint density at radius 1 is 1.15 bits per heavy atom. The van der Waals surface area contributed by atoms with E-state index in [9.17, 15) is 0 Å². The normalized spacial score (nSPS) is 17.4. The van der Waals surface area contributed by atoms with E-state index in [4.69, 9.17) is 5.10 Å². The van der Waals surface area contributed by atoms with Crippen LogP contribution in [0.1, 0.15) is 48.9 Å². The maximum Gasteiger partial charge on any atom is 0.0631 e. The fraction of sp³-hybridized carbons (Fsp3) is 0.471. The summed E-state index contributed by atoms with van der Waals surface area (Å²) >= 11 is 3.65. The van der Waals surface area contributed by atoms with Crippen LogP contribution in [-0.4, -0.2) is 15.1 Å². The molecule has 3 heteroatoms. The van der Waals surface area contributed by atoms with E-state index in [1.54, 1.807) is 0 Å². The third kappa shape index (κ3) is 3.14. The third-order valence-corrected chi connectivity index (χ3v) is 5.06. The molecule has 0 spiro atoms. The molecule has 3 rings (SSSR count). The Bertz CT molecular complexity index is 529. The van der Waals surface area contributed by atoms with E-state index in [0.29, 0.717) is 12.0 Å². The van der Waals surface area contributed by atoms with Gasteiger partial charge in [-0.1, -0.05) is 59.1 Å². The summed E-state index contributed by atoms with van der Waals surface area (Å²) in [6.07, 6.45) is 8.47. The Balaban J connectivity index is 1.70. The fourth-order valence-corrected chi connectivity index (χ4v) is 3.70. The molecule has 0 bridgehead atoms. The van der Waals surface area contributed by atoms with Gasteiger partial charge in [-0.25, -0.2) is 0 Å². The van der Waals surface area contributed by atoms with Gasteiger partial charge in [0.05, 0.1) is 11.7 Å². The lowest BCUT2D eigenvalue weighted by atomic mass is 9.96. The molecule has 1 atom stereocenters. The fourth-order valence-electron chi connectivity index (χ4n) is 3.10. The van der Waals surface area contributed by atoms with Gasteiger partial charge in [-0.3, -0.25) is 4.68 Å². The van der Waals surface area contributed by atoms with Crippen molar-refractivity contribution in [1.82, 2.24) is 9.78 Å². The molecule has 0 N–H and O–H groups in total. The van der Waals surface area contributed by atoms with E-state index < -0.39 is 0 Å². The summed E-state index contributed by atoms with van der Waals surface area (Å²) in [6.45, 7) is 0. The highest BCUT2D eigenvalue weighted by Crippen LogP contribution is 2.29. The molecule has 1 aromatic carbocycles. The van der Waals surface area contributed by atoms with Crippen LogP contribution in [0.4, 0.5) is 0 Å². The predicted octanol–water partition coefficient (Wildman–Crippen LogP) is 4.72. The highest BCUT2D eigenvalue weighted by molar-refractivity contribution is 9.09. The number of aromatic nitrogens is 2. The molecule has 1 aromatic heterocycles. The van der Waals surface area contributed by atoms with Crippen LogP contribution in [0, 0.1) is 0 Å². The standard InChI is InChI=1S/C17H21BrN2/c18-13-15(14-6-2-1-3-7-14)12-16-10-11-20(19-16)17-8-4-5-9-17/h1-3,6-7,10-11,15,17H,4-5,8-9,12-13H2. The molecule has 1 saturated carbocycles. The van der Waals surface area contributed by atoms with E-state index in [-0.39, 0.29) is 0 Å². The maximum atomic E-state index is 4.80. The van der Waals surface area contributed by atoms with Crippen LogP contribution in [-0.2, 0) is 6.42 Å². The van der Waals surface area contributed by atoms with Crippen LogP contribution in [0.2, 0.25) is 0 Å². The molecule has 0 radical (unpaired) electrons. The van der Waals surface area contributed by atoms with Gasteiger partial charge in [-0.2, -0.15) is 5.10 Å². The summed E-state index contributed by atoms with van der Waals surface area (Å²) < 4.78 is 2.19. The highest BCUT2D eigenvalue weighted by atomic mass is 79.9. The lowest BCUT2D eigenvalue weighted by Gasteiger charge is -2.13. The third-order valence-electron chi connectivity index (χ3n) is 4.28. The lowest BCUT2D eigenvalue weighted by Crippen LogP contribution is -2.08. The number of rotatable bonds is 5. The van der Waals surface area contributed by atoms with Crippen molar-refractivity contribution < 1.29 is 0 Å². The van der Waals surface area contributed by atoms with E-state index in [0.717, 1.165) is 11.8 Å². The molecule has 1 aliphatic rings. The molecule has 1 aliphatic carbocycles. The lowest BCUT2D eigenvalue weighted by molar-refractivity contribution is 0.462. The largest absolute Gasteiger partial charge is 0.269 e. The summed E-state index contributed by atoms with van der Waals surface area (Å²) in [5.74, 6) is 0.503. The smallest absolute Gasteiger partial charge is 0.0631 e. The van der Waals surface area contributed by atoms with Crippen molar-refractivity contribution in [2.24, 2.45) is 0 Å². The monoisotopic (exact) mass is 332 g/mol. The first-order valence-electron chi connectivity index (χ1n) is 7.52. The summed E-state index contributed by atoms with van der Waals surface area (Å²) in [7, 11) is 0. The zero-order valence-corrected chi connectivity index (χ0v) is 13.3. The van der Waals surface area contributed by atoms with Gasteiger partial charge in [0.2, 0.25) is 0 Å². The Hall–Kier alpha value is -1.09. The van der Waals surface area contributed by atoms with Gasteiger partial charge < -0.3 is 0 Å². The Labute approximate surface area is 129 Å². The minimum atomic E-state index is 0.503. The average Bonchev–Trinajstić information content (AvgIpc) is 3.16. The molecule has 2 aromatic rings. The van der Waals surface area contributed by atoms with Gasteiger partial charge in [-0.05, 0) is 36.8 Å². The maximum absolute atomic E-state index is 4.80.